The number of anilines is 1. The molecular formula is C12H16N2O. The Morgan fingerprint density at radius 3 is 2.93 bits per heavy atom. The Morgan fingerprint density at radius 2 is 2.27 bits per heavy atom. The van der Waals surface area contributed by atoms with Crippen molar-refractivity contribution < 1.29 is 4.79 Å². The summed E-state index contributed by atoms with van der Waals surface area (Å²) in [5.41, 5.74) is 3.33. The van der Waals surface area contributed by atoms with Crippen molar-refractivity contribution in [1.82, 2.24) is 5.32 Å². The third-order valence-electron chi connectivity index (χ3n) is 2.81. The van der Waals surface area contributed by atoms with Gasteiger partial charge in [0.25, 0.3) is 0 Å². The number of amides is 1. The first-order valence-corrected chi connectivity index (χ1v) is 5.37. The van der Waals surface area contributed by atoms with Crippen LogP contribution in [-0.4, -0.2) is 13.0 Å². The van der Waals surface area contributed by atoms with Gasteiger partial charge in [-0.1, -0.05) is 31.5 Å². The van der Waals surface area contributed by atoms with E-state index in [1.807, 2.05) is 19.2 Å². The summed E-state index contributed by atoms with van der Waals surface area (Å²) in [5, 5.41) is 5.98. The SMILES string of the molecule is CCCc1cccc2c1NC(=O)C2NC. The van der Waals surface area contributed by atoms with Gasteiger partial charge in [-0.3, -0.25) is 4.79 Å². The van der Waals surface area contributed by atoms with Crippen LogP contribution in [0.4, 0.5) is 5.69 Å². The van der Waals surface area contributed by atoms with Gasteiger partial charge in [0.2, 0.25) is 5.91 Å². The summed E-state index contributed by atoms with van der Waals surface area (Å²) >= 11 is 0. The fraction of sp³-hybridized carbons (Fsp3) is 0.417. The Morgan fingerprint density at radius 1 is 1.47 bits per heavy atom. The van der Waals surface area contributed by atoms with E-state index in [0.29, 0.717) is 0 Å². The van der Waals surface area contributed by atoms with E-state index in [0.717, 1.165) is 24.1 Å². The highest BCUT2D eigenvalue weighted by Crippen LogP contribution is 2.33. The molecule has 1 amide bonds. The molecule has 2 rings (SSSR count). The molecule has 80 valence electrons. The number of hydrogen-bond acceptors (Lipinski definition) is 2. The van der Waals surface area contributed by atoms with Gasteiger partial charge in [0, 0.05) is 11.3 Å². The largest absolute Gasteiger partial charge is 0.324 e. The molecule has 0 aliphatic carbocycles. The summed E-state index contributed by atoms with van der Waals surface area (Å²) in [6.45, 7) is 2.14. The first-order valence-electron chi connectivity index (χ1n) is 5.37. The molecule has 1 aliphatic heterocycles. The van der Waals surface area contributed by atoms with Gasteiger partial charge in [-0.2, -0.15) is 0 Å². The van der Waals surface area contributed by atoms with Crippen LogP contribution in [0.5, 0.6) is 0 Å². The first-order chi connectivity index (χ1) is 7.27. The topological polar surface area (TPSA) is 41.1 Å². The Hall–Kier alpha value is -1.35. The summed E-state index contributed by atoms with van der Waals surface area (Å²) < 4.78 is 0. The van der Waals surface area contributed by atoms with Crippen molar-refractivity contribution in [1.29, 1.82) is 0 Å². The molecule has 3 nitrogen and oxygen atoms in total. The average Bonchev–Trinajstić information content (AvgIpc) is 2.55. The summed E-state index contributed by atoms with van der Waals surface area (Å²) in [4.78, 5) is 11.6. The minimum Gasteiger partial charge on any atom is -0.324 e. The third kappa shape index (κ3) is 1.63. The van der Waals surface area contributed by atoms with Crippen LogP contribution in [0.2, 0.25) is 0 Å². The molecule has 1 aromatic carbocycles. The average molecular weight is 204 g/mol. The third-order valence-corrected chi connectivity index (χ3v) is 2.81. The number of carbonyl (C=O) groups is 1. The van der Waals surface area contributed by atoms with Crippen molar-refractivity contribution >= 4 is 11.6 Å². The molecule has 0 aromatic heterocycles. The standard InChI is InChI=1S/C12H16N2O/c1-3-5-8-6-4-7-9-10(8)14-12(15)11(9)13-2/h4,6-7,11,13H,3,5H2,1-2H3,(H,14,15). The molecule has 0 bridgehead atoms. The molecule has 1 heterocycles. The van der Waals surface area contributed by atoms with Gasteiger partial charge in [0.05, 0.1) is 0 Å². The van der Waals surface area contributed by atoms with Crippen LogP contribution in [0.15, 0.2) is 18.2 Å². The number of aryl methyl sites for hydroxylation is 1. The predicted molar refractivity (Wildman–Crippen MR) is 60.9 cm³/mol. The van der Waals surface area contributed by atoms with Crippen LogP contribution in [0.25, 0.3) is 0 Å². The Kier molecular flexibility index (Phi) is 2.73. The van der Waals surface area contributed by atoms with E-state index in [2.05, 4.69) is 23.6 Å². The molecule has 1 aliphatic rings. The minimum atomic E-state index is -0.184. The fourth-order valence-corrected chi connectivity index (χ4v) is 2.11. The highest BCUT2D eigenvalue weighted by Gasteiger charge is 2.30. The van der Waals surface area contributed by atoms with Gasteiger partial charge in [-0.25, -0.2) is 0 Å². The molecule has 0 radical (unpaired) electrons. The maximum Gasteiger partial charge on any atom is 0.246 e. The van der Waals surface area contributed by atoms with E-state index in [9.17, 15) is 4.79 Å². The molecule has 1 aromatic rings. The second kappa shape index (κ2) is 4.03. The van der Waals surface area contributed by atoms with Crippen molar-refractivity contribution in [3.63, 3.8) is 0 Å². The summed E-state index contributed by atoms with van der Waals surface area (Å²) in [6, 6.07) is 5.93. The number of benzene rings is 1. The Labute approximate surface area is 89.9 Å². The lowest BCUT2D eigenvalue weighted by Gasteiger charge is -2.08. The van der Waals surface area contributed by atoms with E-state index < -0.39 is 0 Å². The second-order valence-corrected chi connectivity index (χ2v) is 3.84. The lowest BCUT2D eigenvalue weighted by molar-refractivity contribution is -0.117. The number of hydrogen-bond donors (Lipinski definition) is 2. The summed E-state index contributed by atoms with van der Waals surface area (Å²) in [6.07, 6.45) is 2.11. The van der Waals surface area contributed by atoms with Gasteiger partial charge >= 0.3 is 0 Å². The van der Waals surface area contributed by atoms with E-state index in [1.54, 1.807) is 0 Å². The normalized spacial score (nSPS) is 18.8. The smallest absolute Gasteiger partial charge is 0.246 e. The number of likely N-dealkylation sites (N-methyl/N-ethyl adjacent to an activating group) is 1. The summed E-state index contributed by atoms with van der Waals surface area (Å²) in [5.74, 6) is 0.0519. The molecule has 0 saturated heterocycles. The number of carbonyl (C=O) groups excluding carboxylic acids is 1. The quantitative estimate of drug-likeness (QED) is 0.789. The van der Waals surface area contributed by atoms with Crippen LogP contribution in [0.3, 0.4) is 0 Å². The first kappa shape index (κ1) is 10.2. The maximum absolute atomic E-state index is 11.6. The van der Waals surface area contributed by atoms with E-state index in [1.165, 1.54) is 5.56 Å². The molecule has 0 spiro atoms. The Bertz CT molecular complexity index is 387. The zero-order chi connectivity index (χ0) is 10.8. The Balaban J connectivity index is 2.42. The van der Waals surface area contributed by atoms with E-state index in [4.69, 9.17) is 0 Å². The number of nitrogens with one attached hydrogen (secondary N) is 2. The van der Waals surface area contributed by atoms with Crippen LogP contribution in [0.1, 0.15) is 30.5 Å². The second-order valence-electron chi connectivity index (χ2n) is 3.84. The van der Waals surface area contributed by atoms with Crippen molar-refractivity contribution in [2.75, 3.05) is 12.4 Å². The van der Waals surface area contributed by atoms with Crippen molar-refractivity contribution in [2.45, 2.75) is 25.8 Å². The molecule has 1 atom stereocenters. The van der Waals surface area contributed by atoms with Crippen LogP contribution in [0, 0.1) is 0 Å². The van der Waals surface area contributed by atoms with Crippen LogP contribution in [-0.2, 0) is 11.2 Å². The molecule has 0 fully saturated rings. The molecule has 0 saturated carbocycles. The zero-order valence-electron chi connectivity index (χ0n) is 9.13. The molecule has 3 heteroatoms. The minimum absolute atomic E-state index is 0.0519. The lowest BCUT2D eigenvalue weighted by Crippen LogP contribution is -2.23. The van der Waals surface area contributed by atoms with Gasteiger partial charge in [-0.05, 0) is 19.0 Å². The van der Waals surface area contributed by atoms with Gasteiger partial charge in [0.15, 0.2) is 0 Å². The van der Waals surface area contributed by atoms with Gasteiger partial charge in [0.1, 0.15) is 6.04 Å². The van der Waals surface area contributed by atoms with Crippen molar-refractivity contribution in [3.8, 4) is 0 Å². The van der Waals surface area contributed by atoms with E-state index in [-0.39, 0.29) is 11.9 Å². The predicted octanol–water partition coefficient (Wildman–Crippen LogP) is 1.85. The van der Waals surface area contributed by atoms with Gasteiger partial charge < -0.3 is 10.6 Å². The maximum atomic E-state index is 11.6. The number of rotatable bonds is 3. The van der Waals surface area contributed by atoms with E-state index >= 15 is 0 Å². The molecular weight excluding hydrogens is 188 g/mol. The van der Waals surface area contributed by atoms with Gasteiger partial charge in [-0.15, -0.1) is 0 Å². The highest BCUT2D eigenvalue weighted by atomic mass is 16.2. The fourth-order valence-electron chi connectivity index (χ4n) is 2.11. The van der Waals surface area contributed by atoms with Crippen LogP contribution < -0.4 is 10.6 Å². The highest BCUT2D eigenvalue weighted by molar-refractivity contribution is 6.03. The lowest BCUT2D eigenvalue weighted by atomic mass is 10.0. The van der Waals surface area contributed by atoms with Crippen molar-refractivity contribution in [2.24, 2.45) is 0 Å². The molecule has 1 unspecified atom stereocenters. The molecule has 2 N–H and O–H groups in total. The van der Waals surface area contributed by atoms with Crippen molar-refractivity contribution in [3.05, 3.63) is 29.3 Å². The summed E-state index contributed by atoms with van der Waals surface area (Å²) in [7, 11) is 1.81. The number of fused-ring (bicyclic) bond motifs is 1. The molecule has 15 heavy (non-hydrogen) atoms. The zero-order valence-corrected chi connectivity index (χ0v) is 9.13. The number of para-hydroxylation sites is 1. The van der Waals surface area contributed by atoms with Crippen LogP contribution >= 0.6 is 0 Å². The monoisotopic (exact) mass is 204 g/mol.